The molecule has 14 aromatic carbocycles. The van der Waals surface area contributed by atoms with Gasteiger partial charge in [0.15, 0.2) is 0 Å². The number of aliphatic imine (C=N–C) groups is 6. The molecule has 23 heteroatoms. The van der Waals surface area contributed by atoms with Gasteiger partial charge in [0.05, 0.1) is 39.6 Å². The summed E-state index contributed by atoms with van der Waals surface area (Å²) in [6, 6.07) is 106. The summed E-state index contributed by atoms with van der Waals surface area (Å²) in [5.41, 5.74) is 12.4. The van der Waals surface area contributed by atoms with E-state index in [2.05, 4.69) is 99.7 Å². The van der Waals surface area contributed by atoms with Crippen molar-refractivity contribution in [3.63, 3.8) is 0 Å². The number of hydrogen-bond acceptors (Lipinski definition) is 13. The van der Waals surface area contributed by atoms with Crippen molar-refractivity contribution in [1.29, 1.82) is 0 Å². The summed E-state index contributed by atoms with van der Waals surface area (Å²) < 4.78 is 0. The van der Waals surface area contributed by atoms with Crippen molar-refractivity contribution in [1.82, 2.24) is 4.98 Å². The summed E-state index contributed by atoms with van der Waals surface area (Å²) in [4.78, 5) is 30.5. The number of rotatable bonds is 12. The summed E-state index contributed by atoms with van der Waals surface area (Å²) in [7, 11) is 0. The summed E-state index contributed by atoms with van der Waals surface area (Å²) >= 11 is 19.0. The van der Waals surface area contributed by atoms with Gasteiger partial charge in [0, 0.05) is 87.6 Å². The van der Waals surface area contributed by atoms with E-state index in [1.807, 2.05) is 360 Å². The number of aromatic hydroxyl groups is 6. The fraction of sp³-hybridized carbons (Fsp3) is 0.0202. The number of nitrogens with zero attached hydrogens (tertiary/aromatic N) is 7. The van der Waals surface area contributed by atoms with Gasteiger partial charge >= 0.3 is 169 Å². The summed E-state index contributed by atoms with van der Waals surface area (Å²) in [5, 5.41) is 63.7. The Morgan fingerprint density at radius 3 is 0.992 bits per heavy atom. The third-order valence-corrected chi connectivity index (χ3v) is 15.8. The van der Waals surface area contributed by atoms with Crippen molar-refractivity contribution in [2.75, 3.05) is 0 Å². The van der Waals surface area contributed by atoms with Crippen LogP contribution in [0.4, 0.5) is 34.1 Å². The van der Waals surface area contributed by atoms with Gasteiger partial charge in [-0.05, 0) is 162 Å². The number of phenols is 6. The van der Waals surface area contributed by atoms with Crippen molar-refractivity contribution in [3.8, 4) is 34.5 Å². The van der Waals surface area contributed by atoms with Gasteiger partial charge in [0.2, 0.25) is 0 Å². The molecule has 0 spiro atoms. The van der Waals surface area contributed by atoms with E-state index < -0.39 is 0 Å². The molecule has 1 heterocycles. The van der Waals surface area contributed by atoms with Crippen LogP contribution in [0.2, 0.25) is 0 Å². The van der Waals surface area contributed by atoms with Crippen LogP contribution in [0.1, 0.15) is 44.5 Å². The molecule has 0 radical (unpaired) electrons. The first kappa shape index (κ1) is 123. The summed E-state index contributed by atoms with van der Waals surface area (Å²) in [5.74, 6) is 1.50. The average molecular weight is 2090 g/mol. The molecule has 0 amide bonds. The quantitative estimate of drug-likeness (QED) is 0.0396. The third-order valence-electron chi connectivity index (χ3n) is 15.8. The first-order chi connectivity index (χ1) is 54.9. The normalized spacial score (nSPS) is 9.49. The molecule has 122 heavy (non-hydrogen) atoms. The standard InChI is InChI=1S/2C17H13NO.C16H12N2O.2C14H13NO.C13H11NO.8CH3.4BrH.6Ti/c19-17-11-4-2-7-14(17)12-18-16-10-5-8-13-6-1-3-9-15(13)16;19-17-11-10-13-6-4-5-9-15(13)16(17)12-18-14-7-2-1-3-8-14;19-15-9-2-1-5-13(15)11-18-14-8-3-6-12-7-4-10-17-16(12)14;1-11-6-2-4-8-13(11)15-10-12-7-3-5-9-14(12)16;1-11-6-5-7-12(14(11)16)10-15-13-8-3-2-4-9-13;15-13-9-5-4-6-11(13)10-14-12-7-2-1-3-8-12;;;;;;;;;;;;;;;;;;/h2*1-12,19H;1-11,19H;2*2-10,16H,1H3;1-10,15H;8*1H3;4*1H;;;;;;/q;;;;;;8*-1;;;;;6*+2/p-4. The van der Waals surface area contributed by atoms with Crippen molar-refractivity contribution < 1.29 is 147 Å². The Morgan fingerprint density at radius 2 is 0.541 bits per heavy atom. The van der Waals surface area contributed by atoms with E-state index >= 15 is 0 Å². The minimum absolute atomic E-state index is 0. The van der Waals surface area contributed by atoms with Crippen LogP contribution < -0.4 is 0 Å². The van der Waals surface area contributed by atoms with Gasteiger partial charge in [-0.3, -0.25) is 34.9 Å². The van der Waals surface area contributed by atoms with Crippen molar-refractivity contribution in [3.05, 3.63) is 450 Å². The van der Waals surface area contributed by atoms with Crippen LogP contribution in [0, 0.1) is 73.3 Å². The SMILES string of the molecule is Cc1cccc(C=Nc2ccccc2)c1O.Cc1ccccc1N=Cc1ccccc1O.Oc1ccc2ccccc2c1C=Nc1ccccc1.Oc1ccccc1C=Nc1cccc2ccccc12.Oc1ccccc1C=Nc1cccc2cccnc12.Oc1ccccc1C=Nc1ccccc1.[CH3-].[CH3-].[CH3-].[CH3-].[CH3-].[CH3-].[CH3-].[CH3-].[Ti+2].[Ti+2].[Ti+][Br].[Ti+][Br].[Ti+][Br].[Ti+][Br]. The maximum atomic E-state index is 10.00. The molecule has 0 aliphatic heterocycles. The molecule has 0 unspecified atom stereocenters. The van der Waals surface area contributed by atoms with Crippen molar-refractivity contribution in [2.45, 2.75) is 13.8 Å². The first-order valence-corrected chi connectivity index (χ1v) is 49.5. The van der Waals surface area contributed by atoms with Gasteiger partial charge < -0.3 is 90.1 Å². The molecule has 0 atom stereocenters. The molecule has 0 bridgehead atoms. The van der Waals surface area contributed by atoms with Gasteiger partial charge in [-0.25, -0.2) is 0 Å². The Labute approximate surface area is 827 Å². The molecule has 1 aromatic heterocycles. The van der Waals surface area contributed by atoms with Crippen LogP contribution >= 0.6 is 52.6 Å². The molecule has 13 nitrogen and oxygen atoms in total. The van der Waals surface area contributed by atoms with Gasteiger partial charge in [-0.15, -0.1) is 0 Å². The molecule has 0 saturated heterocycles. The molecule has 6 N–H and O–H groups in total. The van der Waals surface area contributed by atoms with Crippen LogP contribution in [0.15, 0.2) is 376 Å². The van der Waals surface area contributed by atoms with Crippen LogP contribution in [0.5, 0.6) is 34.5 Å². The molecular weight excluding hydrogens is 1990 g/mol. The molecule has 0 aliphatic rings. The van der Waals surface area contributed by atoms with E-state index in [0.717, 1.165) is 106 Å². The Hall–Kier alpha value is -7.96. The maximum absolute atomic E-state index is 10.00. The fourth-order valence-corrected chi connectivity index (χ4v) is 10.2. The molecule has 15 aromatic rings. The number of aromatic nitrogens is 1. The molecule has 0 fully saturated rings. The number of fused-ring (bicyclic) bond motifs is 3. The zero-order valence-electron chi connectivity index (χ0n) is 69.7. The predicted octanol–water partition coefficient (Wildman–Crippen LogP) is 29.3. The van der Waals surface area contributed by atoms with Gasteiger partial charge in [0.1, 0.15) is 34.5 Å². The van der Waals surface area contributed by atoms with E-state index in [1.54, 1.807) is 98.1 Å². The monoisotopic (exact) mass is 2090 g/mol. The number of hydrogen-bond donors (Lipinski definition) is 6. The zero-order valence-corrected chi connectivity index (χ0v) is 85.4. The number of para-hydroxylation sites is 10. The summed E-state index contributed by atoms with van der Waals surface area (Å²) in [6.45, 7) is 3.88. The van der Waals surface area contributed by atoms with Gasteiger partial charge in [-0.1, -0.05) is 218 Å². The van der Waals surface area contributed by atoms with E-state index in [4.69, 9.17) is 0 Å². The molecular formula is C99H99Br4N7O6Ti6. The Kier molecular flexibility index (Phi) is 72.7. The average Bonchev–Trinajstić information content (AvgIpc) is 0.812. The number of pyridine rings is 1. The van der Waals surface area contributed by atoms with Crippen molar-refractivity contribution >= 4 is 157 Å². The predicted molar refractivity (Wildman–Crippen MR) is 518 cm³/mol. The number of phenolic OH excluding ortho intramolecular Hbond substituents is 6. The minimum atomic E-state index is 0. The number of benzene rings is 14. The molecule has 15 rings (SSSR count). The third kappa shape index (κ3) is 42.1. The Morgan fingerprint density at radius 1 is 0.246 bits per heavy atom. The molecule has 0 saturated carbocycles. The first-order valence-electron chi connectivity index (χ1n) is 34.1. The number of halogens is 4. The zero-order chi connectivity index (χ0) is 80.5. The Bertz CT molecular complexity index is 5320. The van der Waals surface area contributed by atoms with Crippen LogP contribution in [-0.4, -0.2) is 72.9 Å². The molecule has 0 aliphatic carbocycles. The van der Waals surface area contributed by atoms with E-state index in [0.29, 0.717) is 11.3 Å². The topological polar surface area (TPSA) is 208 Å². The Balaban J connectivity index is -0.000000435. The second-order valence-electron chi connectivity index (χ2n) is 23.2. The fourth-order valence-electron chi connectivity index (χ4n) is 10.2. The second kappa shape index (κ2) is 72.4. The van der Waals surface area contributed by atoms with E-state index in [-0.39, 0.29) is 132 Å². The molecule has 618 valence electrons. The van der Waals surface area contributed by atoms with Gasteiger partial charge in [-0.2, -0.15) is 0 Å². The van der Waals surface area contributed by atoms with Crippen LogP contribution in [-0.2, 0) is 117 Å². The van der Waals surface area contributed by atoms with E-state index in [1.165, 1.54) is 0 Å². The number of aryl methyl sites for hydroxylation is 2. The van der Waals surface area contributed by atoms with E-state index in [9.17, 15) is 30.6 Å². The second-order valence-corrected chi connectivity index (χ2v) is 23.2. The van der Waals surface area contributed by atoms with Crippen LogP contribution in [0.3, 0.4) is 0 Å². The van der Waals surface area contributed by atoms with Crippen LogP contribution in [0.25, 0.3) is 32.4 Å². The van der Waals surface area contributed by atoms with Gasteiger partial charge in [0.25, 0.3) is 0 Å². The van der Waals surface area contributed by atoms with Crippen molar-refractivity contribution in [2.24, 2.45) is 30.0 Å². The summed E-state index contributed by atoms with van der Waals surface area (Å²) in [6.07, 6.45) is 11.8.